The summed E-state index contributed by atoms with van der Waals surface area (Å²) in [5.74, 6) is -1.01. The molecule has 11 heteroatoms. The lowest BCUT2D eigenvalue weighted by Gasteiger charge is -2.27. The highest BCUT2D eigenvalue weighted by atomic mass is 32.2. The van der Waals surface area contributed by atoms with Crippen molar-refractivity contribution in [1.29, 1.82) is 0 Å². The lowest BCUT2D eigenvalue weighted by atomic mass is 10.2. The lowest BCUT2D eigenvalue weighted by Crippen LogP contribution is -2.42. The summed E-state index contributed by atoms with van der Waals surface area (Å²) in [6.07, 6.45) is -3.47. The third kappa shape index (κ3) is 7.00. The minimum absolute atomic E-state index is 0.0859. The maximum absolute atomic E-state index is 13.3. The molecule has 3 rings (SSSR count). The van der Waals surface area contributed by atoms with E-state index in [0.717, 1.165) is 27.4 Å². The fourth-order valence-corrected chi connectivity index (χ4v) is 5.38. The van der Waals surface area contributed by atoms with Crippen LogP contribution in [0.3, 0.4) is 0 Å². The van der Waals surface area contributed by atoms with Crippen molar-refractivity contribution in [1.82, 2.24) is 9.21 Å². The summed E-state index contributed by atoms with van der Waals surface area (Å²) >= 11 is 1.41. The van der Waals surface area contributed by atoms with Crippen LogP contribution in [0, 0.1) is 5.82 Å². The quantitative estimate of drug-likeness (QED) is 0.266. The van der Waals surface area contributed by atoms with Gasteiger partial charge in [-0.05, 0) is 47.3 Å². The Balaban J connectivity index is 1.88. The van der Waals surface area contributed by atoms with Gasteiger partial charge in [0.1, 0.15) is 5.82 Å². The van der Waals surface area contributed by atoms with Crippen LogP contribution in [0.25, 0.3) is 0 Å². The molecule has 1 aromatic heterocycles. The van der Waals surface area contributed by atoms with Crippen LogP contribution in [-0.2, 0) is 34.1 Å². The second-order valence-corrected chi connectivity index (χ2v) is 10.5. The van der Waals surface area contributed by atoms with Gasteiger partial charge in [-0.2, -0.15) is 17.5 Å². The average Bonchev–Trinajstić information content (AvgIpc) is 3.32. The number of sulfonamides is 1. The number of hydrogen-bond donors (Lipinski definition) is 0. The number of carbonyl (C=O) groups is 1. The van der Waals surface area contributed by atoms with Crippen molar-refractivity contribution in [3.8, 4) is 0 Å². The molecule has 1 amide bonds. The number of amides is 1. The van der Waals surface area contributed by atoms with Crippen LogP contribution in [0.1, 0.15) is 16.0 Å². The van der Waals surface area contributed by atoms with Crippen LogP contribution < -0.4 is 0 Å². The molecule has 3 aromatic rings. The van der Waals surface area contributed by atoms with E-state index in [1.165, 1.54) is 46.6 Å². The number of thiophene rings is 1. The first-order valence-corrected chi connectivity index (χ1v) is 12.7. The first-order chi connectivity index (χ1) is 16.5. The van der Waals surface area contributed by atoms with Crippen LogP contribution >= 0.6 is 11.3 Å². The third-order valence-corrected chi connectivity index (χ3v) is 7.68. The van der Waals surface area contributed by atoms with Crippen molar-refractivity contribution in [2.24, 2.45) is 0 Å². The van der Waals surface area contributed by atoms with Crippen molar-refractivity contribution in [3.05, 3.63) is 101 Å². The third-order valence-electron chi connectivity index (χ3n) is 5.01. The normalized spacial score (nSPS) is 12.0. The van der Waals surface area contributed by atoms with E-state index in [-0.39, 0.29) is 19.6 Å². The molecule has 0 spiro atoms. The smallest absolute Gasteiger partial charge is 0.332 e. The molecule has 186 valence electrons. The summed E-state index contributed by atoms with van der Waals surface area (Å²) in [7, 11) is -4.45. The fourth-order valence-electron chi connectivity index (χ4n) is 3.26. The zero-order chi connectivity index (χ0) is 25.6. The van der Waals surface area contributed by atoms with Gasteiger partial charge >= 0.3 is 6.18 Å². The Morgan fingerprint density at radius 1 is 1.03 bits per heavy atom. The van der Waals surface area contributed by atoms with Gasteiger partial charge in [0.15, 0.2) is 0 Å². The van der Waals surface area contributed by atoms with E-state index in [1.54, 1.807) is 0 Å². The largest absolute Gasteiger partial charge is 0.416 e. The number of carbonyl (C=O) groups excluding carboxylic acids is 1. The number of halogens is 4. The van der Waals surface area contributed by atoms with Gasteiger partial charge in [0.2, 0.25) is 15.9 Å². The molecule has 0 saturated carbocycles. The fraction of sp³-hybridized carbons (Fsp3) is 0.208. The predicted molar refractivity (Wildman–Crippen MR) is 125 cm³/mol. The molecule has 2 aromatic carbocycles. The van der Waals surface area contributed by atoms with Gasteiger partial charge in [-0.1, -0.05) is 30.3 Å². The van der Waals surface area contributed by atoms with Crippen LogP contribution in [0.5, 0.6) is 0 Å². The summed E-state index contributed by atoms with van der Waals surface area (Å²) in [6.45, 7) is 2.88. The first kappa shape index (κ1) is 26.6. The van der Waals surface area contributed by atoms with E-state index in [9.17, 15) is 30.8 Å². The van der Waals surface area contributed by atoms with Gasteiger partial charge in [0.25, 0.3) is 0 Å². The zero-order valence-electron chi connectivity index (χ0n) is 18.4. The SMILES string of the molecule is C=CCN(CC(=O)N(Cc1ccc(F)cc1)Cc1cccs1)S(=O)(=O)c1cccc(C(F)(F)F)c1. The highest BCUT2D eigenvalue weighted by Gasteiger charge is 2.33. The summed E-state index contributed by atoms with van der Waals surface area (Å²) in [6, 6.07) is 12.5. The van der Waals surface area contributed by atoms with Crippen molar-refractivity contribution < 1.29 is 30.8 Å². The van der Waals surface area contributed by atoms with E-state index in [2.05, 4.69) is 6.58 Å². The summed E-state index contributed by atoms with van der Waals surface area (Å²) < 4.78 is 79.8. The first-order valence-electron chi connectivity index (χ1n) is 10.3. The molecular formula is C24H22F4N2O3S2. The maximum atomic E-state index is 13.3. The topological polar surface area (TPSA) is 57.7 Å². The number of alkyl halides is 3. The van der Waals surface area contributed by atoms with Gasteiger partial charge in [-0.15, -0.1) is 17.9 Å². The summed E-state index contributed by atoms with van der Waals surface area (Å²) in [5.41, 5.74) is -0.480. The number of hydrogen-bond acceptors (Lipinski definition) is 4. The monoisotopic (exact) mass is 526 g/mol. The van der Waals surface area contributed by atoms with Gasteiger partial charge < -0.3 is 4.90 Å². The average molecular weight is 527 g/mol. The van der Waals surface area contributed by atoms with Gasteiger partial charge in [-0.25, -0.2) is 12.8 Å². The molecule has 0 atom stereocenters. The summed E-state index contributed by atoms with van der Waals surface area (Å²) in [4.78, 5) is 14.9. The molecule has 0 fully saturated rings. The highest BCUT2D eigenvalue weighted by molar-refractivity contribution is 7.89. The molecule has 0 bridgehead atoms. The minimum Gasteiger partial charge on any atom is -0.332 e. The lowest BCUT2D eigenvalue weighted by molar-refractivity contribution is -0.137. The molecule has 35 heavy (non-hydrogen) atoms. The predicted octanol–water partition coefficient (Wildman–Crippen LogP) is 5.31. The number of nitrogens with zero attached hydrogens (tertiary/aromatic N) is 2. The number of rotatable bonds is 10. The van der Waals surface area contributed by atoms with E-state index in [4.69, 9.17) is 0 Å². The van der Waals surface area contributed by atoms with Gasteiger partial charge in [0.05, 0.1) is 23.5 Å². The number of benzene rings is 2. The van der Waals surface area contributed by atoms with Crippen molar-refractivity contribution >= 4 is 27.3 Å². The Bertz CT molecular complexity index is 1260. The summed E-state index contributed by atoms with van der Waals surface area (Å²) in [5, 5.41) is 1.83. The van der Waals surface area contributed by atoms with E-state index in [0.29, 0.717) is 11.6 Å². The Hall–Kier alpha value is -3.02. The Kier molecular flexibility index (Phi) is 8.47. The maximum Gasteiger partial charge on any atom is 0.416 e. The second-order valence-electron chi connectivity index (χ2n) is 7.57. The van der Waals surface area contributed by atoms with Crippen LogP contribution in [0.15, 0.2) is 83.6 Å². The van der Waals surface area contributed by atoms with E-state index >= 15 is 0 Å². The molecular weight excluding hydrogens is 504 g/mol. The standard InChI is InChI=1S/C24H22F4N2O3S2/c1-2-12-30(35(32,33)22-7-3-5-19(14-22)24(26,27)28)17-23(31)29(16-21-6-4-13-34-21)15-18-8-10-20(25)11-9-18/h2-11,13-14H,1,12,15-17H2. The molecule has 1 heterocycles. The van der Waals surface area contributed by atoms with E-state index in [1.807, 2.05) is 17.5 Å². The highest BCUT2D eigenvalue weighted by Crippen LogP contribution is 2.31. The zero-order valence-corrected chi connectivity index (χ0v) is 20.0. The molecule has 5 nitrogen and oxygen atoms in total. The molecule has 0 N–H and O–H groups in total. The van der Waals surface area contributed by atoms with Crippen molar-refractivity contribution in [3.63, 3.8) is 0 Å². The van der Waals surface area contributed by atoms with Gasteiger partial charge in [-0.3, -0.25) is 4.79 Å². The Labute approximate surface area is 205 Å². The molecule has 0 aliphatic rings. The van der Waals surface area contributed by atoms with Crippen molar-refractivity contribution in [2.75, 3.05) is 13.1 Å². The van der Waals surface area contributed by atoms with Crippen molar-refractivity contribution in [2.45, 2.75) is 24.2 Å². The molecule has 0 aliphatic heterocycles. The molecule has 0 radical (unpaired) electrons. The van der Waals surface area contributed by atoms with E-state index < -0.39 is 44.9 Å². The molecule has 0 unspecified atom stereocenters. The second kappa shape index (κ2) is 11.1. The van der Waals surface area contributed by atoms with Gasteiger partial charge in [0, 0.05) is 18.0 Å². The van der Waals surface area contributed by atoms with Crippen LogP contribution in [0.2, 0.25) is 0 Å². The van der Waals surface area contributed by atoms with Crippen LogP contribution in [0.4, 0.5) is 17.6 Å². The minimum atomic E-state index is -4.72. The molecule has 0 aliphatic carbocycles. The molecule has 0 saturated heterocycles. The Morgan fingerprint density at radius 3 is 2.34 bits per heavy atom. The van der Waals surface area contributed by atoms with Crippen LogP contribution in [-0.4, -0.2) is 36.6 Å². The Morgan fingerprint density at radius 2 is 1.74 bits per heavy atom.